The molecule has 5 N–H and O–H groups in total. The molecule has 0 aliphatic heterocycles. The molecular weight excluding hydrogens is 327 g/mol. The number of aliphatic carboxylic acids is 2. The van der Waals surface area contributed by atoms with E-state index in [1.807, 2.05) is 0 Å². The molecule has 0 rings (SSSR count). The molecule has 0 radical (unpaired) electrons. The number of nitrogens with one attached hydrogen (secondary N) is 1. The van der Waals surface area contributed by atoms with Gasteiger partial charge in [-0.15, -0.1) is 0 Å². The molecule has 1 amide bonds. The molecule has 23 heavy (non-hydrogen) atoms. The van der Waals surface area contributed by atoms with E-state index in [4.69, 9.17) is 26.3 Å². The van der Waals surface area contributed by atoms with Gasteiger partial charge in [-0.2, -0.15) is 13.2 Å². The van der Waals surface area contributed by atoms with E-state index in [0.717, 1.165) is 0 Å². The minimum absolute atomic E-state index is 0.314. The third kappa shape index (κ3) is 14.2. The van der Waals surface area contributed by atoms with Gasteiger partial charge < -0.3 is 21.3 Å². The van der Waals surface area contributed by atoms with E-state index in [-0.39, 0.29) is 0 Å². The Morgan fingerprint density at radius 1 is 1.26 bits per heavy atom. The highest BCUT2D eigenvalue weighted by Crippen LogP contribution is 2.13. The van der Waals surface area contributed by atoms with Gasteiger partial charge in [-0.05, 0) is 31.3 Å². The Morgan fingerprint density at radius 3 is 2.13 bits per heavy atom. The summed E-state index contributed by atoms with van der Waals surface area (Å²) in [6.45, 7) is 0.0934. The fraction of sp³-hybridized carbons (Fsp3) is 0.700. The second kappa shape index (κ2) is 12.1. The summed E-state index contributed by atoms with van der Waals surface area (Å²) in [5.74, 6) is -4.46. The molecule has 0 unspecified atom stereocenters. The van der Waals surface area contributed by atoms with Crippen LogP contribution in [0.25, 0.3) is 10.4 Å². The first kappa shape index (κ1) is 22.7. The van der Waals surface area contributed by atoms with E-state index in [0.29, 0.717) is 25.8 Å². The third-order valence-electron chi connectivity index (χ3n) is 2.10. The Morgan fingerprint density at radius 2 is 1.78 bits per heavy atom. The summed E-state index contributed by atoms with van der Waals surface area (Å²) < 4.78 is 31.7. The fourth-order valence-corrected chi connectivity index (χ4v) is 1.09. The van der Waals surface area contributed by atoms with Gasteiger partial charge in [0.05, 0.1) is 0 Å². The number of carbonyl (C=O) groups is 3. The largest absolute Gasteiger partial charge is 0.490 e. The van der Waals surface area contributed by atoms with E-state index in [2.05, 4.69) is 15.3 Å². The average molecular weight is 343 g/mol. The van der Waals surface area contributed by atoms with Crippen molar-refractivity contribution >= 4 is 17.8 Å². The monoisotopic (exact) mass is 343 g/mol. The molecule has 1 atom stereocenters. The summed E-state index contributed by atoms with van der Waals surface area (Å²) in [6, 6.07) is -0.951. The lowest BCUT2D eigenvalue weighted by Gasteiger charge is -2.13. The van der Waals surface area contributed by atoms with Crippen LogP contribution in [0.3, 0.4) is 0 Å². The minimum Gasteiger partial charge on any atom is -0.480 e. The zero-order valence-corrected chi connectivity index (χ0v) is 11.8. The highest BCUT2D eigenvalue weighted by molar-refractivity contribution is 5.84. The third-order valence-corrected chi connectivity index (χ3v) is 2.10. The average Bonchev–Trinajstić information content (AvgIpc) is 2.43. The van der Waals surface area contributed by atoms with Crippen molar-refractivity contribution in [3.8, 4) is 0 Å². The van der Waals surface area contributed by atoms with Crippen LogP contribution in [-0.4, -0.2) is 53.4 Å². The number of rotatable bonds is 8. The Balaban J connectivity index is 0. The normalized spacial score (nSPS) is 11.3. The highest BCUT2D eigenvalue weighted by Gasteiger charge is 2.38. The van der Waals surface area contributed by atoms with Crippen LogP contribution in [0, 0.1) is 0 Å². The SMILES string of the molecule is O=C(O)C(F)(F)F.[N-]=[N+]=NCC(=O)N[C@@H](CCCCN)C(=O)O. The number of azide groups is 1. The molecule has 0 saturated heterocycles. The van der Waals surface area contributed by atoms with Crippen molar-refractivity contribution in [1.82, 2.24) is 5.32 Å². The van der Waals surface area contributed by atoms with Crippen molar-refractivity contribution in [3.05, 3.63) is 10.4 Å². The Bertz CT molecular complexity index is 451. The second-order valence-corrected chi connectivity index (χ2v) is 3.93. The van der Waals surface area contributed by atoms with Gasteiger partial charge >= 0.3 is 18.1 Å². The molecule has 10 nitrogen and oxygen atoms in total. The van der Waals surface area contributed by atoms with Crippen LogP contribution in [0.4, 0.5) is 13.2 Å². The lowest BCUT2D eigenvalue weighted by molar-refractivity contribution is -0.192. The molecule has 0 aliphatic carbocycles. The smallest absolute Gasteiger partial charge is 0.480 e. The van der Waals surface area contributed by atoms with Crippen LogP contribution in [0.5, 0.6) is 0 Å². The van der Waals surface area contributed by atoms with Crippen molar-refractivity contribution in [3.63, 3.8) is 0 Å². The molecule has 0 heterocycles. The number of carbonyl (C=O) groups excluding carboxylic acids is 1. The molecule has 0 aromatic rings. The molecule has 0 saturated carbocycles. The maximum absolute atomic E-state index is 11.1. The topological polar surface area (TPSA) is 178 Å². The summed E-state index contributed by atoms with van der Waals surface area (Å²) in [5.41, 5.74) is 13.2. The predicted molar refractivity (Wildman–Crippen MR) is 70.2 cm³/mol. The number of hydrogen-bond acceptors (Lipinski definition) is 5. The van der Waals surface area contributed by atoms with Gasteiger partial charge in [-0.3, -0.25) is 4.79 Å². The zero-order valence-electron chi connectivity index (χ0n) is 11.8. The van der Waals surface area contributed by atoms with Gasteiger partial charge in [0.25, 0.3) is 0 Å². The number of nitrogens with zero attached hydrogens (tertiary/aromatic N) is 3. The van der Waals surface area contributed by atoms with Gasteiger partial charge in [0, 0.05) is 4.91 Å². The van der Waals surface area contributed by atoms with Crippen LogP contribution in [0.2, 0.25) is 0 Å². The van der Waals surface area contributed by atoms with Crippen molar-refractivity contribution in [2.24, 2.45) is 10.8 Å². The van der Waals surface area contributed by atoms with Crippen LogP contribution in [0.15, 0.2) is 5.11 Å². The number of alkyl halides is 3. The van der Waals surface area contributed by atoms with Crippen molar-refractivity contribution in [1.29, 1.82) is 0 Å². The lowest BCUT2D eigenvalue weighted by atomic mass is 10.1. The first-order valence-corrected chi connectivity index (χ1v) is 6.09. The number of carboxylic acids is 2. The molecule has 0 aromatic carbocycles. The van der Waals surface area contributed by atoms with Crippen LogP contribution in [-0.2, 0) is 14.4 Å². The number of unbranched alkanes of at least 4 members (excludes halogenated alkanes) is 1. The van der Waals surface area contributed by atoms with Crippen molar-refractivity contribution in [2.75, 3.05) is 13.1 Å². The molecule has 0 fully saturated rings. The molecule has 0 aromatic heterocycles. The lowest BCUT2D eigenvalue weighted by Crippen LogP contribution is -2.41. The molecule has 13 heteroatoms. The van der Waals surface area contributed by atoms with Crippen LogP contribution in [0.1, 0.15) is 19.3 Å². The van der Waals surface area contributed by atoms with Gasteiger partial charge in [-0.25, -0.2) is 9.59 Å². The van der Waals surface area contributed by atoms with E-state index >= 15 is 0 Å². The standard InChI is InChI=1S/C8H15N5O3.C2HF3O2/c9-4-2-1-3-6(8(15)16)12-7(14)5-11-13-10;3-2(4,5)1(6)7/h6H,1-5,9H2,(H,12,14)(H,15,16);(H,6,7)/t6-;/m0./s1. The van der Waals surface area contributed by atoms with Gasteiger partial charge in [0.15, 0.2) is 0 Å². The number of carboxylic acid groups (broad SMARTS) is 2. The van der Waals surface area contributed by atoms with Crippen molar-refractivity contribution in [2.45, 2.75) is 31.5 Å². The summed E-state index contributed by atoms with van der Waals surface area (Å²) in [7, 11) is 0. The van der Waals surface area contributed by atoms with Gasteiger partial charge in [0.1, 0.15) is 12.6 Å². The Labute approximate surface area is 128 Å². The van der Waals surface area contributed by atoms with E-state index in [1.165, 1.54) is 0 Å². The van der Waals surface area contributed by atoms with Gasteiger partial charge in [-0.1, -0.05) is 5.11 Å². The summed E-state index contributed by atoms with van der Waals surface area (Å²) in [6.07, 6.45) is -3.44. The quantitative estimate of drug-likeness (QED) is 0.217. The van der Waals surface area contributed by atoms with Gasteiger partial charge in [0.2, 0.25) is 5.91 Å². The van der Waals surface area contributed by atoms with Crippen LogP contribution < -0.4 is 11.1 Å². The van der Waals surface area contributed by atoms with E-state index in [9.17, 15) is 22.8 Å². The Kier molecular flexibility index (Phi) is 11.9. The first-order valence-electron chi connectivity index (χ1n) is 6.09. The maximum atomic E-state index is 11.1. The number of halogens is 3. The van der Waals surface area contributed by atoms with E-state index in [1.54, 1.807) is 0 Å². The van der Waals surface area contributed by atoms with E-state index < -0.39 is 36.6 Å². The molecular formula is C10H16F3N5O5. The summed E-state index contributed by atoms with van der Waals surface area (Å²) in [5, 5.41) is 21.2. The fourth-order valence-electron chi connectivity index (χ4n) is 1.09. The molecule has 0 bridgehead atoms. The predicted octanol–water partition coefficient (Wildman–Crippen LogP) is 0.628. The first-order chi connectivity index (χ1) is 10.6. The molecule has 132 valence electrons. The summed E-state index contributed by atoms with van der Waals surface area (Å²) in [4.78, 5) is 33.1. The Hall–Kier alpha value is -2.53. The molecule has 0 spiro atoms. The second-order valence-electron chi connectivity index (χ2n) is 3.93. The summed E-state index contributed by atoms with van der Waals surface area (Å²) >= 11 is 0. The van der Waals surface area contributed by atoms with Crippen LogP contribution >= 0.6 is 0 Å². The molecule has 0 aliphatic rings. The maximum Gasteiger partial charge on any atom is 0.490 e. The number of amides is 1. The zero-order chi connectivity index (χ0) is 18.5. The van der Waals surface area contributed by atoms with Crippen molar-refractivity contribution < 1.29 is 37.8 Å². The minimum atomic E-state index is -5.08. The highest BCUT2D eigenvalue weighted by atomic mass is 19.4. The number of hydrogen-bond donors (Lipinski definition) is 4. The number of nitrogens with two attached hydrogens (primary N) is 1.